The summed E-state index contributed by atoms with van der Waals surface area (Å²) in [6.45, 7) is 13.2. The van der Waals surface area contributed by atoms with Crippen LogP contribution in [0, 0.1) is 12.8 Å². The normalized spacial score (nSPS) is 14.7. The second kappa shape index (κ2) is 16.4. The number of quaternary nitrogens is 1. The number of likely N-dealkylation sites (N-methyl/N-ethyl adjacent to an activating group) is 1. The van der Waals surface area contributed by atoms with Crippen LogP contribution in [0.25, 0.3) is 0 Å². The van der Waals surface area contributed by atoms with Gasteiger partial charge in [-0.2, -0.15) is 0 Å². The number of aryl methyl sites for hydroxylation is 1. The molecule has 1 aromatic heterocycles. The van der Waals surface area contributed by atoms with E-state index in [1.165, 1.54) is 48.8 Å². The van der Waals surface area contributed by atoms with Crippen molar-refractivity contribution < 1.29 is 13.6 Å². The number of hydrogen-bond donors (Lipinski definition) is 0. The molecule has 204 valence electrons. The summed E-state index contributed by atoms with van der Waals surface area (Å²) in [4.78, 5) is 4.79. The van der Waals surface area contributed by atoms with Gasteiger partial charge >= 0.3 is 0 Å². The third kappa shape index (κ3) is 10.1. The lowest BCUT2D eigenvalue weighted by atomic mass is 9.77. The molecule has 0 radical (unpaired) electrons. The number of benzene rings is 2. The van der Waals surface area contributed by atoms with Crippen LogP contribution in [-0.4, -0.2) is 36.7 Å². The molecule has 37 heavy (non-hydrogen) atoms. The summed E-state index contributed by atoms with van der Waals surface area (Å²) in [5.41, 5.74) is 3.83. The SMILES string of the molecule is CC.CC.Cc1ccc(COCC[N+](C)(C)Cc2cnc(C(c3ccccc3)C3CCCCC3)o2)cc1. The van der Waals surface area contributed by atoms with Crippen molar-refractivity contribution in [1.29, 1.82) is 0 Å². The van der Waals surface area contributed by atoms with Gasteiger partial charge in [-0.25, -0.2) is 4.98 Å². The Morgan fingerprint density at radius 1 is 0.919 bits per heavy atom. The number of aromatic nitrogens is 1. The van der Waals surface area contributed by atoms with Crippen LogP contribution in [0.15, 0.2) is 65.2 Å². The molecule has 1 unspecified atom stereocenters. The van der Waals surface area contributed by atoms with E-state index < -0.39 is 0 Å². The Labute approximate surface area is 226 Å². The highest BCUT2D eigenvalue weighted by atomic mass is 16.5. The first-order valence-corrected chi connectivity index (χ1v) is 14.4. The molecule has 0 aliphatic heterocycles. The van der Waals surface area contributed by atoms with Crippen molar-refractivity contribution in [2.45, 2.75) is 85.8 Å². The lowest BCUT2D eigenvalue weighted by Crippen LogP contribution is -2.41. The van der Waals surface area contributed by atoms with Gasteiger partial charge in [0.25, 0.3) is 0 Å². The van der Waals surface area contributed by atoms with Crippen LogP contribution >= 0.6 is 0 Å². The van der Waals surface area contributed by atoms with Gasteiger partial charge in [0.2, 0.25) is 5.89 Å². The van der Waals surface area contributed by atoms with E-state index in [0.717, 1.165) is 35.8 Å². The van der Waals surface area contributed by atoms with Crippen LogP contribution in [0.1, 0.15) is 94.1 Å². The molecular weight excluding hydrogens is 456 g/mol. The first kappa shape index (κ1) is 30.8. The summed E-state index contributed by atoms with van der Waals surface area (Å²) in [5.74, 6) is 2.73. The van der Waals surface area contributed by atoms with Crippen LogP contribution in [0.2, 0.25) is 0 Å². The fraction of sp³-hybridized carbons (Fsp3) is 0.545. The zero-order valence-electron chi connectivity index (χ0n) is 24.5. The van der Waals surface area contributed by atoms with Crippen LogP contribution in [0.5, 0.6) is 0 Å². The minimum atomic E-state index is 0.258. The maximum absolute atomic E-state index is 6.41. The van der Waals surface area contributed by atoms with Crippen molar-refractivity contribution in [3.8, 4) is 0 Å². The molecule has 1 atom stereocenters. The summed E-state index contributed by atoms with van der Waals surface area (Å²) in [5, 5.41) is 0. The van der Waals surface area contributed by atoms with E-state index in [1.807, 2.05) is 33.9 Å². The van der Waals surface area contributed by atoms with Crippen LogP contribution in [0.3, 0.4) is 0 Å². The fourth-order valence-electron chi connectivity index (χ4n) is 4.97. The number of nitrogens with zero attached hydrogens (tertiary/aromatic N) is 2. The van der Waals surface area contributed by atoms with E-state index >= 15 is 0 Å². The molecule has 1 aliphatic rings. The molecule has 3 aromatic rings. The zero-order valence-corrected chi connectivity index (χ0v) is 24.5. The van der Waals surface area contributed by atoms with E-state index in [9.17, 15) is 0 Å². The number of ether oxygens (including phenoxy) is 1. The maximum atomic E-state index is 6.41. The second-order valence-electron chi connectivity index (χ2n) is 10.3. The van der Waals surface area contributed by atoms with Crippen molar-refractivity contribution in [3.63, 3.8) is 0 Å². The number of rotatable bonds is 10. The molecule has 0 saturated heterocycles. The topological polar surface area (TPSA) is 35.3 Å². The summed E-state index contributed by atoms with van der Waals surface area (Å²) in [6, 6.07) is 19.4. The first-order valence-electron chi connectivity index (χ1n) is 14.4. The molecule has 1 fully saturated rings. The monoisotopic (exact) mass is 507 g/mol. The molecule has 0 N–H and O–H groups in total. The highest BCUT2D eigenvalue weighted by Crippen LogP contribution is 2.40. The first-order chi connectivity index (χ1) is 18.0. The summed E-state index contributed by atoms with van der Waals surface area (Å²) in [7, 11) is 4.46. The van der Waals surface area contributed by atoms with E-state index in [1.54, 1.807) is 0 Å². The van der Waals surface area contributed by atoms with Crippen LogP contribution in [-0.2, 0) is 17.9 Å². The zero-order chi connectivity index (χ0) is 27.1. The molecule has 0 bridgehead atoms. The quantitative estimate of drug-likeness (QED) is 0.204. The largest absolute Gasteiger partial charge is 0.439 e. The smallest absolute Gasteiger partial charge is 0.202 e. The average Bonchev–Trinajstić information content (AvgIpc) is 3.38. The fourth-order valence-corrected chi connectivity index (χ4v) is 4.97. The van der Waals surface area contributed by atoms with Gasteiger partial charge in [0.15, 0.2) is 5.76 Å². The Hall–Kier alpha value is -2.43. The van der Waals surface area contributed by atoms with Crippen LogP contribution < -0.4 is 0 Å². The third-order valence-corrected chi connectivity index (χ3v) is 6.93. The molecular formula is C33H51N2O2+. The standard InChI is InChI=1S/C29H39N2O2.2C2H6/c1-23-14-16-24(17-15-23)22-32-19-18-31(2,3)21-27-20-30-29(33-27)28(25-10-6-4-7-11-25)26-12-8-5-9-13-26;2*1-2/h4,6-7,10-11,14-17,20,26,28H,5,8-9,12-13,18-19,21-22H2,1-3H3;2*1-2H3/q+1;;. The van der Waals surface area contributed by atoms with Gasteiger partial charge in [-0.05, 0) is 36.8 Å². The third-order valence-electron chi connectivity index (χ3n) is 6.93. The van der Waals surface area contributed by atoms with Gasteiger partial charge in [0.05, 0.1) is 39.4 Å². The summed E-state index contributed by atoms with van der Waals surface area (Å²) in [6.07, 6.45) is 8.45. The molecule has 0 spiro atoms. The lowest BCUT2D eigenvalue weighted by molar-refractivity contribution is -0.905. The van der Waals surface area contributed by atoms with Gasteiger partial charge in [-0.15, -0.1) is 0 Å². The van der Waals surface area contributed by atoms with Crippen molar-refractivity contribution in [2.24, 2.45) is 5.92 Å². The van der Waals surface area contributed by atoms with Crippen molar-refractivity contribution in [2.75, 3.05) is 27.2 Å². The van der Waals surface area contributed by atoms with E-state index in [-0.39, 0.29) is 5.92 Å². The maximum Gasteiger partial charge on any atom is 0.202 e. The molecule has 4 rings (SSSR count). The van der Waals surface area contributed by atoms with E-state index in [0.29, 0.717) is 12.5 Å². The average molecular weight is 508 g/mol. The van der Waals surface area contributed by atoms with Gasteiger partial charge in [-0.3, -0.25) is 0 Å². The minimum absolute atomic E-state index is 0.258. The van der Waals surface area contributed by atoms with Crippen molar-refractivity contribution in [1.82, 2.24) is 4.98 Å². The lowest BCUT2D eigenvalue weighted by Gasteiger charge is -2.29. The second-order valence-corrected chi connectivity index (χ2v) is 10.3. The highest BCUT2D eigenvalue weighted by molar-refractivity contribution is 5.26. The molecule has 1 aliphatic carbocycles. The van der Waals surface area contributed by atoms with Gasteiger partial charge in [0.1, 0.15) is 13.1 Å². The predicted octanol–water partition coefficient (Wildman–Crippen LogP) is 8.54. The molecule has 4 nitrogen and oxygen atoms in total. The molecule has 1 saturated carbocycles. The Morgan fingerprint density at radius 2 is 1.57 bits per heavy atom. The highest BCUT2D eigenvalue weighted by Gasteiger charge is 2.31. The Kier molecular flexibility index (Phi) is 13.7. The summed E-state index contributed by atoms with van der Waals surface area (Å²) < 4.78 is 13.2. The van der Waals surface area contributed by atoms with E-state index in [2.05, 4.69) is 75.6 Å². The predicted molar refractivity (Wildman–Crippen MR) is 156 cm³/mol. The van der Waals surface area contributed by atoms with Crippen LogP contribution in [0.4, 0.5) is 0 Å². The molecule has 4 heteroatoms. The van der Waals surface area contributed by atoms with Gasteiger partial charge < -0.3 is 13.6 Å². The number of hydrogen-bond acceptors (Lipinski definition) is 3. The molecule has 0 amide bonds. The Balaban J connectivity index is 0.00000115. The van der Waals surface area contributed by atoms with Crippen molar-refractivity contribution >= 4 is 0 Å². The molecule has 2 aromatic carbocycles. The number of oxazole rings is 1. The Bertz CT molecular complexity index is 973. The minimum Gasteiger partial charge on any atom is -0.439 e. The van der Waals surface area contributed by atoms with Crippen molar-refractivity contribution in [3.05, 3.63) is 89.1 Å². The van der Waals surface area contributed by atoms with Gasteiger partial charge in [-0.1, -0.05) is 107 Å². The Morgan fingerprint density at radius 3 is 2.22 bits per heavy atom. The van der Waals surface area contributed by atoms with Gasteiger partial charge in [0, 0.05) is 0 Å². The summed E-state index contributed by atoms with van der Waals surface area (Å²) >= 11 is 0. The molecule has 1 heterocycles. The van der Waals surface area contributed by atoms with E-state index in [4.69, 9.17) is 14.1 Å².